The third-order valence-corrected chi connectivity index (χ3v) is 3.36. The summed E-state index contributed by atoms with van der Waals surface area (Å²) in [6.07, 6.45) is 1.68. The lowest BCUT2D eigenvalue weighted by Crippen LogP contribution is -1.97. The Kier molecular flexibility index (Phi) is 2.25. The van der Waals surface area contributed by atoms with Crippen molar-refractivity contribution < 1.29 is 0 Å². The van der Waals surface area contributed by atoms with Gasteiger partial charge in [-0.3, -0.25) is 4.79 Å². The van der Waals surface area contributed by atoms with Crippen LogP contribution in [-0.2, 0) is 0 Å². The van der Waals surface area contributed by atoms with Crippen LogP contribution in [-0.4, -0.2) is 4.98 Å². The maximum atomic E-state index is 11.2. The number of hydrogen-bond acceptors (Lipinski definition) is 2. The molecule has 2 aromatic heterocycles. The number of rotatable bonds is 1. The molecule has 72 valence electrons. The van der Waals surface area contributed by atoms with Gasteiger partial charge in [0.05, 0.1) is 5.69 Å². The zero-order valence-corrected chi connectivity index (χ0v) is 8.94. The minimum absolute atomic E-state index is 0.0435. The van der Waals surface area contributed by atoms with E-state index >= 15 is 0 Å². The Balaban J connectivity index is 2.60. The minimum atomic E-state index is 0.0435. The van der Waals surface area contributed by atoms with Gasteiger partial charge < -0.3 is 4.98 Å². The summed E-state index contributed by atoms with van der Waals surface area (Å²) in [6.45, 7) is 4.16. The first-order valence-electron chi connectivity index (χ1n) is 4.42. The molecule has 0 atom stereocenters. The number of nitrogens with one attached hydrogen (secondary N) is 1. The summed E-state index contributed by atoms with van der Waals surface area (Å²) >= 11 is 1.71. The van der Waals surface area contributed by atoms with E-state index in [1.54, 1.807) is 23.6 Å². The van der Waals surface area contributed by atoms with Crippen LogP contribution in [0.5, 0.6) is 0 Å². The highest BCUT2D eigenvalue weighted by Gasteiger charge is 2.06. The molecular formula is C11H11NOS. The van der Waals surface area contributed by atoms with Gasteiger partial charge in [0.2, 0.25) is 0 Å². The van der Waals surface area contributed by atoms with E-state index in [0.717, 1.165) is 11.3 Å². The van der Waals surface area contributed by atoms with E-state index in [0.29, 0.717) is 0 Å². The van der Waals surface area contributed by atoms with Crippen LogP contribution in [0.25, 0.3) is 11.3 Å². The zero-order chi connectivity index (χ0) is 10.1. The fourth-order valence-electron chi connectivity index (χ4n) is 1.38. The van der Waals surface area contributed by atoms with Crippen LogP contribution in [0.1, 0.15) is 10.4 Å². The fraction of sp³-hybridized carbons (Fsp3) is 0.182. The molecule has 2 rings (SSSR count). The predicted molar refractivity (Wildman–Crippen MR) is 59.8 cm³/mol. The molecule has 0 unspecified atom stereocenters. The Labute approximate surface area is 86.2 Å². The summed E-state index contributed by atoms with van der Waals surface area (Å²) in [5.74, 6) is 0. The molecule has 0 amide bonds. The van der Waals surface area contributed by atoms with Crippen LogP contribution in [0.4, 0.5) is 0 Å². The lowest BCUT2D eigenvalue weighted by Gasteiger charge is -1.99. The van der Waals surface area contributed by atoms with Crippen molar-refractivity contribution in [3.05, 3.63) is 44.4 Å². The van der Waals surface area contributed by atoms with Crippen LogP contribution in [0.15, 0.2) is 28.5 Å². The highest BCUT2D eigenvalue weighted by atomic mass is 32.1. The molecule has 2 nitrogen and oxygen atoms in total. The Morgan fingerprint density at radius 3 is 2.71 bits per heavy atom. The normalized spacial score (nSPS) is 10.4. The summed E-state index contributed by atoms with van der Waals surface area (Å²) in [4.78, 5) is 15.5. The molecule has 0 aliphatic rings. The summed E-state index contributed by atoms with van der Waals surface area (Å²) in [5, 5.41) is 2.08. The van der Waals surface area contributed by atoms with Gasteiger partial charge in [-0.05, 0) is 19.4 Å². The van der Waals surface area contributed by atoms with E-state index in [9.17, 15) is 4.79 Å². The monoisotopic (exact) mass is 205 g/mol. The van der Waals surface area contributed by atoms with Crippen molar-refractivity contribution in [2.24, 2.45) is 0 Å². The summed E-state index contributed by atoms with van der Waals surface area (Å²) in [5.41, 5.74) is 3.32. The lowest BCUT2D eigenvalue weighted by molar-refractivity contribution is 1.29. The predicted octanol–water partition coefficient (Wildman–Crippen LogP) is 2.72. The second-order valence-corrected chi connectivity index (χ2v) is 4.35. The van der Waals surface area contributed by atoms with Crippen LogP contribution >= 0.6 is 11.3 Å². The molecule has 0 aromatic carbocycles. The minimum Gasteiger partial charge on any atom is -0.361 e. The number of aryl methyl sites for hydroxylation is 1. The van der Waals surface area contributed by atoms with Crippen LogP contribution in [0.2, 0.25) is 0 Å². The first kappa shape index (κ1) is 9.21. The van der Waals surface area contributed by atoms with Crippen molar-refractivity contribution in [1.29, 1.82) is 0 Å². The number of H-pyrrole nitrogens is 1. The Morgan fingerprint density at radius 2 is 2.14 bits per heavy atom. The molecular weight excluding hydrogens is 194 g/mol. The van der Waals surface area contributed by atoms with Gasteiger partial charge in [0.1, 0.15) is 0 Å². The standard InChI is InChI=1S/C11H11NOS/c1-7-8(2)14-6-10(7)11-5-9(13)3-4-12-11/h3-6H,1-2H3,(H,12,13). The quantitative estimate of drug-likeness (QED) is 0.763. The fourth-order valence-corrected chi connectivity index (χ4v) is 2.27. The van der Waals surface area contributed by atoms with Crippen LogP contribution < -0.4 is 5.43 Å². The van der Waals surface area contributed by atoms with E-state index in [1.165, 1.54) is 16.5 Å². The van der Waals surface area contributed by atoms with Crippen LogP contribution in [0, 0.1) is 13.8 Å². The maximum absolute atomic E-state index is 11.2. The van der Waals surface area contributed by atoms with Gasteiger partial charge in [-0.2, -0.15) is 0 Å². The molecule has 0 saturated carbocycles. The van der Waals surface area contributed by atoms with Crippen LogP contribution in [0.3, 0.4) is 0 Å². The third-order valence-electron chi connectivity index (χ3n) is 2.35. The molecule has 0 radical (unpaired) electrons. The van der Waals surface area contributed by atoms with Gasteiger partial charge in [-0.15, -0.1) is 11.3 Å². The first-order valence-corrected chi connectivity index (χ1v) is 5.30. The average molecular weight is 205 g/mol. The van der Waals surface area contributed by atoms with Crippen molar-refractivity contribution in [2.75, 3.05) is 0 Å². The van der Waals surface area contributed by atoms with Gasteiger partial charge >= 0.3 is 0 Å². The largest absolute Gasteiger partial charge is 0.361 e. The number of pyridine rings is 1. The summed E-state index contributed by atoms with van der Waals surface area (Å²) in [7, 11) is 0. The second kappa shape index (κ2) is 3.42. The first-order chi connectivity index (χ1) is 6.68. The van der Waals surface area contributed by atoms with E-state index in [1.807, 2.05) is 0 Å². The van der Waals surface area contributed by atoms with Crippen molar-refractivity contribution in [3.63, 3.8) is 0 Å². The lowest BCUT2D eigenvalue weighted by atomic mass is 10.1. The van der Waals surface area contributed by atoms with E-state index in [2.05, 4.69) is 24.2 Å². The summed E-state index contributed by atoms with van der Waals surface area (Å²) in [6, 6.07) is 3.16. The van der Waals surface area contributed by atoms with Crippen molar-refractivity contribution >= 4 is 11.3 Å². The van der Waals surface area contributed by atoms with Gasteiger partial charge in [0.25, 0.3) is 0 Å². The highest BCUT2D eigenvalue weighted by molar-refractivity contribution is 7.10. The van der Waals surface area contributed by atoms with Crippen molar-refractivity contribution in [1.82, 2.24) is 4.98 Å². The molecule has 0 aliphatic heterocycles. The Bertz CT molecular complexity index is 510. The maximum Gasteiger partial charge on any atom is 0.182 e. The average Bonchev–Trinajstić information content (AvgIpc) is 2.48. The Morgan fingerprint density at radius 1 is 1.36 bits per heavy atom. The van der Waals surface area contributed by atoms with E-state index < -0.39 is 0 Å². The van der Waals surface area contributed by atoms with Gasteiger partial charge in [-0.25, -0.2) is 0 Å². The van der Waals surface area contributed by atoms with E-state index in [-0.39, 0.29) is 5.43 Å². The topological polar surface area (TPSA) is 32.9 Å². The van der Waals surface area contributed by atoms with Gasteiger partial charge in [0, 0.05) is 34.2 Å². The molecule has 0 bridgehead atoms. The highest BCUT2D eigenvalue weighted by Crippen LogP contribution is 2.28. The van der Waals surface area contributed by atoms with Crippen molar-refractivity contribution in [2.45, 2.75) is 13.8 Å². The van der Waals surface area contributed by atoms with Gasteiger partial charge in [-0.1, -0.05) is 0 Å². The molecule has 0 aliphatic carbocycles. The van der Waals surface area contributed by atoms with Gasteiger partial charge in [0.15, 0.2) is 5.43 Å². The third kappa shape index (κ3) is 1.51. The number of hydrogen-bond donors (Lipinski definition) is 1. The summed E-state index contributed by atoms with van der Waals surface area (Å²) < 4.78 is 0. The smallest absolute Gasteiger partial charge is 0.182 e. The number of aromatic amines is 1. The number of thiophene rings is 1. The molecule has 0 fully saturated rings. The molecule has 0 saturated heterocycles. The SMILES string of the molecule is Cc1scc(-c2cc(=O)cc[nH]2)c1C. The molecule has 3 heteroatoms. The number of aromatic nitrogens is 1. The molecule has 0 spiro atoms. The second-order valence-electron chi connectivity index (χ2n) is 3.27. The van der Waals surface area contributed by atoms with Crippen molar-refractivity contribution in [3.8, 4) is 11.3 Å². The Hall–Kier alpha value is -1.35. The zero-order valence-electron chi connectivity index (χ0n) is 8.13. The molecule has 14 heavy (non-hydrogen) atoms. The van der Waals surface area contributed by atoms with E-state index in [4.69, 9.17) is 0 Å². The molecule has 2 heterocycles. The molecule has 2 aromatic rings. The molecule has 1 N–H and O–H groups in total.